The topological polar surface area (TPSA) is 92.3 Å². The number of guanidine groups is 1. The fraction of sp³-hybridized carbons (Fsp3) is 0.667. The molecular weight excluding hydrogens is 404 g/mol. The zero-order valence-corrected chi connectivity index (χ0v) is 19.4. The van der Waals surface area contributed by atoms with Crippen LogP contribution in [-0.4, -0.2) is 76.7 Å². The third-order valence-electron chi connectivity index (χ3n) is 4.89. The molecule has 0 amide bonds. The standard InChI is InChI=1S/C21H36N4O4S/c1-5-22-21(23-10-11-25-12-14-30(26,27)15-13-25)24-17(4)18-8-9-19(28-6-2)20(16-18)29-7-3/h8-9,16-17H,5-7,10-15H2,1-4H3,(H2,22,23,24). The molecule has 1 unspecified atom stereocenters. The lowest BCUT2D eigenvalue weighted by atomic mass is 10.1. The highest BCUT2D eigenvalue weighted by Gasteiger charge is 2.21. The molecule has 1 heterocycles. The molecule has 0 aliphatic carbocycles. The van der Waals surface area contributed by atoms with Crippen LogP contribution in [0.15, 0.2) is 23.2 Å². The summed E-state index contributed by atoms with van der Waals surface area (Å²) in [5.74, 6) is 2.71. The van der Waals surface area contributed by atoms with Gasteiger partial charge in [0, 0.05) is 26.2 Å². The average molecular weight is 441 g/mol. The van der Waals surface area contributed by atoms with E-state index >= 15 is 0 Å². The summed E-state index contributed by atoms with van der Waals surface area (Å²) in [7, 11) is -2.85. The molecule has 170 valence electrons. The number of hydrogen-bond donors (Lipinski definition) is 2. The smallest absolute Gasteiger partial charge is 0.191 e. The molecule has 1 aliphatic rings. The first-order valence-corrected chi connectivity index (χ1v) is 12.6. The molecule has 8 nitrogen and oxygen atoms in total. The normalized spacial score (nSPS) is 17.9. The van der Waals surface area contributed by atoms with Gasteiger partial charge in [-0.15, -0.1) is 0 Å². The first-order valence-electron chi connectivity index (χ1n) is 10.8. The van der Waals surface area contributed by atoms with Crippen LogP contribution >= 0.6 is 0 Å². The summed E-state index contributed by atoms with van der Waals surface area (Å²) in [5.41, 5.74) is 1.08. The molecule has 0 aromatic heterocycles. The van der Waals surface area contributed by atoms with E-state index in [4.69, 9.17) is 9.47 Å². The highest BCUT2D eigenvalue weighted by Crippen LogP contribution is 2.30. The van der Waals surface area contributed by atoms with Crippen LogP contribution in [0.1, 0.15) is 39.3 Å². The number of hydrogen-bond acceptors (Lipinski definition) is 6. The van der Waals surface area contributed by atoms with E-state index in [-0.39, 0.29) is 17.5 Å². The highest BCUT2D eigenvalue weighted by atomic mass is 32.2. The van der Waals surface area contributed by atoms with E-state index in [0.29, 0.717) is 32.8 Å². The number of sulfone groups is 1. The van der Waals surface area contributed by atoms with Gasteiger partial charge in [0.2, 0.25) is 0 Å². The Labute approximate surface area is 181 Å². The first kappa shape index (κ1) is 24.3. The summed E-state index contributed by atoms with van der Waals surface area (Å²) in [6, 6.07) is 6.00. The van der Waals surface area contributed by atoms with E-state index in [0.717, 1.165) is 36.1 Å². The van der Waals surface area contributed by atoms with Crippen molar-refractivity contribution in [1.29, 1.82) is 0 Å². The molecular formula is C21H36N4O4S. The number of ether oxygens (including phenoxy) is 2. The van der Waals surface area contributed by atoms with Gasteiger partial charge in [-0.2, -0.15) is 0 Å². The van der Waals surface area contributed by atoms with E-state index in [1.54, 1.807) is 0 Å². The molecule has 1 aromatic rings. The van der Waals surface area contributed by atoms with Gasteiger partial charge in [0.05, 0.1) is 37.3 Å². The fourth-order valence-corrected chi connectivity index (χ4v) is 4.50. The molecule has 1 aliphatic heterocycles. The van der Waals surface area contributed by atoms with Crippen molar-refractivity contribution in [3.05, 3.63) is 23.8 Å². The van der Waals surface area contributed by atoms with Crippen molar-refractivity contribution in [3.63, 3.8) is 0 Å². The van der Waals surface area contributed by atoms with Gasteiger partial charge in [-0.25, -0.2) is 8.42 Å². The second kappa shape index (κ2) is 12.0. The maximum atomic E-state index is 11.6. The van der Waals surface area contributed by atoms with Crippen LogP contribution < -0.4 is 20.1 Å². The van der Waals surface area contributed by atoms with Crippen LogP contribution in [0.25, 0.3) is 0 Å². The maximum Gasteiger partial charge on any atom is 0.191 e. The van der Waals surface area contributed by atoms with Gasteiger partial charge in [0.1, 0.15) is 0 Å². The third-order valence-corrected chi connectivity index (χ3v) is 6.50. The monoisotopic (exact) mass is 440 g/mol. The molecule has 2 rings (SSSR count). The predicted molar refractivity (Wildman–Crippen MR) is 121 cm³/mol. The van der Waals surface area contributed by atoms with Crippen LogP contribution in [0, 0.1) is 0 Å². The van der Waals surface area contributed by atoms with Gasteiger partial charge in [-0.05, 0) is 45.4 Å². The molecule has 0 radical (unpaired) electrons. The lowest BCUT2D eigenvalue weighted by molar-refractivity contribution is 0.287. The third kappa shape index (κ3) is 7.68. The Kier molecular flexibility index (Phi) is 9.71. The molecule has 1 saturated heterocycles. The van der Waals surface area contributed by atoms with Crippen molar-refractivity contribution in [2.24, 2.45) is 4.99 Å². The Morgan fingerprint density at radius 3 is 2.43 bits per heavy atom. The Balaban J connectivity index is 1.97. The summed E-state index contributed by atoms with van der Waals surface area (Å²) in [6.07, 6.45) is 0. The Morgan fingerprint density at radius 2 is 1.80 bits per heavy atom. The zero-order chi connectivity index (χ0) is 22.0. The summed E-state index contributed by atoms with van der Waals surface area (Å²) in [6.45, 7) is 12.5. The maximum absolute atomic E-state index is 11.6. The van der Waals surface area contributed by atoms with Gasteiger partial charge >= 0.3 is 0 Å². The van der Waals surface area contributed by atoms with Crippen molar-refractivity contribution >= 4 is 15.8 Å². The molecule has 1 aromatic carbocycles. The molecule has 0 bridgehead atoms. The van der Waals surface area contributed by atoms with E-state index in [1.165, 1.54) is 0 Å². The van der Waals surface area contributed by atoms with Gasteiger partial charge < -0.3 is 20.1 Å². The molecule has 2 N–H and O–H groups in total. The van der Waals surface area contributed by atoms with Gasteiger partial charge in [-0.3, -0.25) is 9.89 Å². The van der Waals surface area contributed by atoms with Crippen LogP contribution in [0.3, 0.4) is 0 Å². The Bertz CT molecular complexity index is 784. The lowest BCUT2D eigenvalue weighted by Gasteiger charge is -2.26. The SMILES string of the molecule is CCNC(=NCCN1CCS(=O)(=O)CC1)NC(C)c1ccc(OCC)c(OCC)c1. The average Bonchev–Trinajstić information content (AvgIpc) is 2.71. The van der Waals surface area contributed by atoms with E-state index in [1.807, 2.05) is 39.0 Å². The first-order chi connectivity index (χ1) is 14.4. The number of rotatable bonds is 10. The Morgan fingerprint density at radius 1 is 1.13 bits per heavy atom. The van der Waals surface area contributed by atoms with E-state index in [2.05, 4.69) is 27.4 Å². The van der Waals surface area contributed by atoms with Crippen molar-refractivity contribution in [1.82, 2.24) is 15.5 Å². The molecule has 0 spiro atoms. The van der Waals surface area contributed by atoms with Gasteiger partial charge in [-0.1, -0.05) is 6.07 Å². The van der Waals surface area contributed by atoms with Crippen LogP contribution in [0.4, 0.5) is 0 Å². The summed E-state index contributed by atoms with van der Waals surface area (Å²) in [5, 5.41) is 6.71. The summed E-state index contributed by atoms with van der Waals surface area (Å²) in [4.78, 5) is 6.81. The molecule has 30 heavy (non-hydrogen) atoms. The zero-order valence-electron chi connectivity index (χ0n) is 18.6. The minimum atomic E-state index is -2.85. The van der Waals surface area contributed by atoms with Crippen LogP contribution in [0.2, 0.25) is 0 Å². The molecule has 0 saturated carbocycles. The van der Waals surface area contributed by atoms with Gasteiger partial charge in [0.25, 0.3) is 0 Å². The molecule has 1 atom stereocenters. The van der Waals surface area contributed by atoms with Crippen LogP contribution in [-0.2, 0) is 9.84 Å². The second-order valence-electron chi connectivity index (χ2n) is 7.19. The molecule has 1 fully saturated rings. The summed E-state index contributed by atoms with van der Waals surface area (Å²) < 4.78 is 34.5. The van der Waals surface area contributed by atoms with E-state index < -0.39 is 9.84 Å². The Hall–Kier alpha value is -2.00. The minimum absolute atomic E-state index is 0.0258. The summed E-state index contributed by atoms with van der Waals surface area (Å²) >= 11 is 0. The number of benzene rings is 1. The quantitative estimate of drug-likeness (QED) is 0.424. The van der Waals surface area contributed by atoms with Crippen molar-refractivity contribution in [2.75, 3.05) is 57.4 Å². The highest BCUT2D eigenvalue weighted by molar-refractivity contribution is 7.91. The van der Waals surface area contributed by atoms with Crippen molar-refractivity contribution < 1.29 is 17.9 Å². The fourth-order valence-electron chi connectivity index (χ4n) is 3.22. The number of nitrogens with zero attached hydrogens (tertiary/aromatic N) is 2. The second-order valence-corrected chi connectivity index (χ2v) is 9.50. The van der Waals surface area contributed by atoms with Gasteiger partial charge in [0.15, 0.2) is 27.3 Å². The van der Waals surface area contributed by atoms with E-state index in [9.17, 15) is 8.42 Å². The van der Waals surface area contributed by atoms with Crippen LogP contribution in [0.5, 0.6) is 11.5 Å². The predicted octanol–water partition coefficient (Wildman–Crippen LogP) is 1.83. The number of aliphatic imine (C=N–C) groups is 1. The van der Waals surface area contributed by atoms with Crippen molar-refractivity contribution in [3.8, 4) is 11.5 Å². The minimum Gasteiger partial charge on any atom is -0.490 e. The van der Waals surface area contributed by atoms with Crippen molar-refractivity contribution in [2.45, 2.75) is 33.7 Å². The molecule has 9 heteroatoms. The lowest BCUT2D eigenvalue weighted by Crippen LogP contribution is -2.42. The number of nitrogens with one attached hydrogen (secondary N) is 2. The largest absolute Gasteiger partial charge is 0.490 e.